The van der Waals surface area contributed by atoms with Gasteiger partial charge in [0.15, 0.2) is 0 Å². The molecule has 15 heavy (non-hydrogen) atoms. The third-order valence-corrected chi connectivity index (χ3v) is 3.77. The third-order valence-electron chi connectivity index (χ3n) is 3.77. The number of nitrogens with zero attached hydrogens (tertiary/aromatic N) is 2. The van der Waals surface area contributed by atoms with Gasteiger partial charge in [0.2, 0.25) is 0 Å². The van der Waals surface area contributed by atoms with E-state index in [-0.39, 0.29) is 0 Å². The van der Waals surface area contributed by atoms with E-state index in [9.17, 15) is 0 Å². The van der Waals surface area contributed by atoms with Crippen molar-refractivity contribution in [2.24, 2.45) is 24.6 Å². The van der Waals surface area contributed by atoms with Crippen LogP contribution in [0.15, 0.2) is 12.4 Å². The highest BCUT2D eigenvalue weighted by atomic mass is 15.0. The van der Waals surface area contributed by atoms with Gasteiger partial charge < -0.3 is 10.3 Å². The molecule has 2 rings (SSSR count). The molecule has 1 aromatic rings. The molecule has 0 bridgehead atoms. The molecule has 3 heteroatoms. The second-order valence-electron chi connectivity index (χ2n) is 4.97. The molecule has 0 aromatic carbocycles. The minimum Gasteiger partial charge on any atom is -0.338 e. The molecule has 1 aliphatic rings. The fourth-order valence-electron chi connectivity index (χ4n) is 2.56. The van der Waals surface area contributed by atoms with Crippen LogP contribution in [0.5, 0.6) is 0 Å². The largest absolute Gasteiger partial charge is 0.338 e. The SMILES string of the molecule is CC1CCC(N)CC1Cc1nccn1C. The van der Waals surface area contributed by atoms with Crippen LogP contribution in [0.1, 0.15) is 32.0 Å². The lowest BCUT2D eigenvalue weighted by Crippen LogP contribution is -2.33. The van der Waals surface area contributed by atoms with Crippen LogP contribution in [0.4, 0.5) is 0 Å². The number of hydrogen-bond donors (Lipinski definition) is 1. The number of imidazole rings is 1. The second-order valence-corrected chi connectivity index (χ2v) is 4.97. The van der Waals surface area contributed by atoms with Crippen molar-refractivity contribution in [1.82, 2.24) is 9.55 Å². The Labute approximate surface area is 91.7 Å². The van der Waals surface area contributed by atoms with Crippen LogP contribution in [0.3, 0.4) is 0 Å². The van der Waals surface area contributed by atoms with Gasteiger partial charge in [0, 0.05) is 31.9 Å². The van der Waals surface area contributed by atoms with Gasteiger partial charge in [-0.3, -0.25) is 0 Å². The summed E-state index contributed by atoms with van der Waals surface area (Å²) in [5.41, 5.74) is 6.03. The first-order valence-corrected chi connectivity index (χ1v) is 5.88. The Bertz CT molecular complexity index is 318. The maximum atomic E-state index is 6.03. The van der Waals surface area contributed by atoms with Gasteiger partial charge in [-0.25, -0.2) is 4.98 Å². The zero-order chi connectivity index (χ0) is 10.8. The molecule has 3 unspecified atom stereocenters. The predicted octanol–water partition coefficient (Wildman–Crippen LogP) is 1.73. The summed E-state index contributed by atoms with van der Waals surface area (Å²) in [6.07, 6.45) is 8.60. The summed E-state index contributed by atoms with van der Waals surface area (Å²) in [4.78, 5) is 4.39. The van der Waals surface area contributed by atoms with Crippen molar-refractivity contribution in [3.8, 4) is 0 Å². The molecular weight excluding hydrogens is 186 g/mol. The predicted molar refractivity (Wildman–Crippen MR) is 61.4 cm³/mol. The maximum Gasteiger partial charge on any atom is 0.108 e. The minimum atomic E-state index is 0.409. The molecule has 0 spiro atoms. The molecular formula is C12H21N3. The Kier molecular flexibility index (Phi) is 3.10. The number of aromatic nitrogens is 2. The van der Waals surface area contributed by atoms with Gasteiger partial charge in [-0.05, 0) is 31.1 Å². The molecule has 1 fully saturated rings. The Morgan fingerprint density at radius 3 is 3.00 bits per heavy atom. The van der Waals surface area contributed by atoms with Crippen LogP contribution in [-0.2, 0) is 13.5 Å². The van der Waals surface area contributed by atoms with Gasteiger partial charge in [0.25, 0.3) is 0 Å². The summed E-state index contributed by atoms with van der Waals surface area (Å²) >= 11 is 0. The molecule has 0 saturated heterocycles. The molecule has 2 N–H and O–H groups in total. The Morgan fingerprint density at radius 1 is 1.53 bits per heavy atom. The lowest BCUT2D eigenvalue weighted by atomic mass is 9.76. The van der Waals surface area contributed by atoms with Gasteiger partial charge in [-0.2, -0.15) is 0 Å². The zero-order valence-corrected chi connectivity index (χ0v) is 9.69. The van der Waals surface area contributed by atoms with E-state index >= 15 is 0 Å². The fraction of sp³-hybridized carbons (Fsp3) is 0.750. The lowest BCUT2D eigenvalue weighted by molar-refractivity contribution is 0.227. The first-order valence-electron chi connectivity index (χ1n) is 5.88. The lowest BCUT2D eigenvalue weighted by Gasteiger charge is -2.32. The van der Waals surface area contributed by atoms with Crippen molar-refractivity contribution in [3.05, 3.63) is 18.2 Å². The summed E-state index contributed by atoms with van der Waals surface area (Å²) in [7, 11) is 2.07. The van der Waals surface area contributed by atoms with Gasteiger partial charge >= 0.3 is 0 Å². The average molecular weight is 207 g/mol. The van der Waals surface area contributed by atoms with E-state index in [1.165, 1.54) is 18.7 Å². The van der Waals surface area contributed by atoms with Crippen LogP contribution in [0.25, 0.3) is 0 Å². The van der Waals surface area contributed by atoms with Gasteiger partial charge in [0.1, 0.15) is 5.82 Å². The summed E-state index contributed by atoms with van der Waals surface area (Å²) in [6, 6.07) is 0.409. The molecule has 1 aliphatic carbocycles. The van der Waals surface area contributed by atoms with E-state index in [0.717, 1.165) is 24.7 Å². The normalized spacial score (nSPS) is 31.8. The Hall–Kier alpha value is -0.830. The number of nitrogens with two attached hydrogens (primary N) is 1. The molecule has 3 atom stereocenters. The van der Waals surface area contributed by atoms with E-state index in [1.54, 1.807) is 0 Å². The fourth-order valence-corrected chi connectivity index (χ4v) is 2.56. The molecule has 84 valence electrons. The van der Waals surface area contributed by atoms with Gasteiger partial charge in [0.05, 0.1) is 0 Å². The van der Waals surface area contributed by atoms with E-state index in [0.29, 0.717) is 6.04 Å². The first kappa shape index (κ1) is 10.7. The van der Waals surface area contributed by atoms with E-state index < -0.39 is 0 Å². The topological polar surface area (TPSA) is 43.8 Å². The van der Waals surface area contributed by atoms with Crippen molar-refractivity contribution in [1.29, 1.82) is 0 Å². The van der Waals surface area contributed by atoms with Crippen LogP contribution < -0.4 is 5.73 Å². The molecule has 3 nitrogen and oxygen atoms in total. The minimum absolute atomic E-state index is 0.409. The third kappa shape index (κ3) is 2.40. The van der Waals surface area contributed by atoms with Crippen molar-refractivity contribution >= 4 is 0 Å². The maximum absolute atomic E-state index is 6.03. The van der Waals surface area contributed by atoms with Crippen molar-refractivity contribution in [2.45, 2.75) is 38.6 Å². The van der Waals surface area contributed by atoms with Crippen LogP contribution in [0.2, 0.25) is 0 Å². The van der Waals surface area contributed by atoms with Crippen LogP contribution in [-0.4, -0.2) is 15.6 Å². The molecule has 0 amide bonds. The summed E-state index contributed by atoms with van der Waals surface area (Å²) in [5, 5.41) is 0. The zero-order valence-electron chi connectivity index (χ0n) is 9.69. The summed E-state index contributed by atoms with van der Waals surface area (Å²) in [6.45, 7) is 2.35. The quantitative estimate of drug-likeness (QED) is 0.802. The Balaban J connectivity index is 2.01. The number of rotatable bonds is 2. The van der Waals surface area contributed by atoms with Crippen LogP contribution >= 0.6 is 0 Å². The number of hydrogen-bond acceptors (Lipinski definition) is 2. The van der Waals surface area contributed by atoms with Gasteiger partial charge in [-0.1, -0.05) is 6.92 Å². The van der Waals surface area contributed by atoms with Crippen molar-refractivity contribution in [2.75, 3.05) is 0 Å². The molecule has 1 heterocycles. The van der Waals surface area contributed by atoms with Crippen molar-refractivity contribution < 1.29 is 0 Å². The molecule has 1 saturated carbocycles. The summed E-state index contributed by atoms with van der Waals surface area (Å²) in [5.74, 6) is 2.71. The summed E-state index contributed by atoms with van der Waals surface area (Å²) < 4.78 is 2.12. The highest BCUT2D eigenvalue weighted by molar-refractivity contribution is 4.95. The van der Waals surface area contributed by atoms with Crippen LogP contribution in [0, 0.1) is 11.8 Å². The van der Waals surface area contributed by atoms with Gasteiger partial charge in [-0.15, -0.1) is 0 Å². The smallest absolute Gasteiger partial charge is 0.108 e. The standard InChI is InChI=1S/C12H21N3/c1-9-3-4-11(13)7-10(9)8-12-14-5-6-15(12)2/h5-6,9-11H,3-4,7-8,13H2,1-2H3. The highest BCUT2D eigenvalue weighted by Crippen LogP contribution is 2.31. The number of aryl methyl sites for hydroxylation is 1. The van der Waals surface area contributed by atoms with E-state index in [2.05, 4.69) is 23.5 Å². The molecule has 0 aliphatic heterocycles. The monoisotopic (exact) mass is 207 g/mol. The van der Waals surface area contributed by atoms with E-state index in [1.807, 2.05) is 12.4 Å². The molecule has 0 radical (unpaired) electrons. The average Bonchev–Trinajstić information content (AvgIpc) is 2.58. The van der Waals surface area contributed by atoms with E-state index in [4.69, 9.17) is 5.73 Å². The second kappa shape index (κ2) is 4.35. The Morgan fingerprint density at radius 2 is 2.33 bits per heavy atom. The van der Waals surface area contributed by atoms with Crippen molar-refractivity contribution in [3.63, 3.8) is 0 Å². The molecule has 1 aromatic heterocycles. The highest BCUT2D eigenvalue weighted by Gasteiger charge is 2.26. The first-order chi connectivity index (χ1) is 7.16.